The van der Waals surface area contributed by atoms with Crippen molar-refractivity contribution in [1.82, 2.24) is 0 Å². The van der Waals surface area contributed by atoms with Crippen molar-refractivity contribution in [3.8, 4) is 0 Å². The molecule has 0 N–H and O–H groups in total. The largest absolute Gasteiger partial charge is 0.270 e. The third-order valence-corrected chi connectivity index (χ3v) is 4.51. The molecule has 0 atom stereocenters. The molecule has 21 heavy (non-hydrogen) atoms. The third-order valence-electron chi connectivity index (χ3n) is 3.34. The number of hydrogen-bond donors (Lipinski definition) is 0. The molecule has 0 saturated carbocycles. The number of unbranched alkanes of at least 4 members (excludes halogenated alkanes) is 2. The monoisotopic (exact) mass is 310 g/mol. The Morgan fingerprint density at radius 1 is 1.10 bits per heavy atom. The lowest BCUT2D eigenvalue weighted by Gasteiger charge is -2.09. The minimum Gasteiger partial charge on any atom is -0.270 e. The van der Waals surface area contributed by atoms with Gasteiger partial charge in [0.15, 0.2) is 0 Å². The van der Waals surface area contributed by atoms with Gasteiger partial charge in [-0.3, -0.25) is 4.18 Å². The zero-order valence-electron chi connectivity index (χ0n) is 12.9. The summed E-state index contributed by atoms with van der Waals surface area (Å²) in [4.78, 5) is 0. The van der Waals surface area contributed by atoms with Gasteiger partial charge in [-0.2, -0.15) is 8.42 Å². The van der Waals surface area contributed by atoms with Gasteiger partial charge in [0.05, 0.1) is 12.4 Å². The molecule has 3 nitrogen and oxygen atoms in total. The average molecular weight is 310 g/mol. The molecule has 0 unspecified atom stereocenters. The summed E-state index contributed by atoms with van der Waals surface area (Å²) >= 11 is 0. The SMILES string of the molecule is C=CCS(=O)(=O)OCCCc1ccccc1CCCCC. The van der Waals surface area contributed by atoms with Gasteiger partial charge in [-0.05, 0) is 36.8 Å². The molecule has 118 valence electrons. The van der Waals surface area contributed by atoms with Crippen LogP contribution in [0.25, 0.3) is 0 Å². The summed E-state index contributed by atoms with van der Waals surface area (Å²) in [7, 11) is -3.43. The molecule has 0 radical (unpaired) electrons. The van der Waals surface area contributed by atoms with E-state index in [0.29, 0.717) is 6.42 Å². The van der Waals surface area contributed by atoms with Crippen molar-refractivity contribution in [3.05, 3.63) is 48.0 Å². The van der Waals surface area contributed by atoms with Crippen LogP contribution >= 0.6 is 0 Å². The summed E-state index contributed by atoms with van der Waals surface area (Å²) in [6, 6.07) is 8.39. The van der Waals surface area contributed by atoms with E-state index in [2.05, 4.69) is 31.7 Å². The van der Waals surface area contributed by atoms with E-state index in [1.54, 1.807) is 0 Å². The van der Waals surface area contributed by atoms with E-state index in [4.69, 9.17) is 4.18 Å². The molecule has 0 heterocycles. The average Bonchev–Trinajstić information content (AvgIpc) is 2.45. The predicted molar refractivity (Wildman–Crippen MR) is 87.9 cm³/mol. The fourth-order valence-corrected chi connectivity index (χ4v) is 3.01. The van der Waals surface area contributed by atoms with E-state index in [1.165, 1.54) is 36.5 Å². The Morgan fingerprint density at radius 2 is 1.71 bits per heavy atom. The molecule has 0 aromatic heterocycles. The van der Waals surface area contributed by atoms with Gasteiger partial charge >= 0.3 is 0 Å². The first kappa shape index (κ1) is 17.9. The zero-order valence-corrected chi connectivity index (χ0v) is 13.7. The van der Waals surface area contributed by atoms with E-state index in [1.807, 2.05) is 6.07 Å². The molecule has 0 aliphatic heterocycles. The Labute approximate surface area is 129 Å². The van der Waals surface area contributed by atoms with Crippen molar-refractivity contribution in [1.29, 1.82) is 0 Å². The minimum atomic E-state index is -3.43. The zero-order chi connectivity index (χ0) is 15.6. The molecule has 0 aliphatic rings. The van der Waals surface area contributed by atoms with Crippen molar-refractivity contribution in [2.24, 2.45) is 0 Å². The first-order valence-corrected chi connectivity index (χ1v) is 9.21. The normalized spacial score (nSPS) is 11.5. The Kier molecular flexibility index (Phi) is 8.31. The second-order valence-corrected chi connectivity index (χ2v) is 6.85. The quantitative estimate of drug-likeness (QED) is 0.354. The minimum absolute atomic E-state index is 0.124. The molecule has 0 saturated heterocycles. The van der Waals surface area contributed by atoms with Crippen LogP contribution < -0.4 is 0 Å². The summed E-state index contributed by atoms with van der Waals surface area (Å²) in [6.45, 7) is 5.85. The summed E-state index contributed by atoms with van der Waals surface area (Å²) in [5.41, 5.74) is 2.68. The maximum Gasteiger partial charge on any atom is 0.270 e. The fraction of sp³-hybridized carbons (Fsp3) is 0.529. The van der Waals surface area contributed by atoms with E-state index in [0.717, 1.165) is 12.8 Å². The van der Waals surface area contributed by atoms with Crippen molar-refractivity contribution in [3.63, 3.8) is 0 Å². The van der Waals surface area contributed by atoms with Crippen molar-refractivity contribution < 1.29 is 12.6 Å². The molecular weight excluding hydrogens is 284 g/mol. The lowest BCUT2D eigenvalue weighted by molar-refractivity contribution is 0.314. The van der Waals surface area contributed by atoms with Gasteiger partial charge in [0.2, 0.25) is 0 Å². The smallest absolute Gasteiger partial charge is 0.270 e. The fourth-order valence-electron chi connectivity index (χ4n) is 2.25. The number of benzene rings is 1. The molecule has 0 fully saturated rings. The molecule has 0 spiro atoms. The molecule has 1 aromatic rings. The molecule has 0 aliphatic carbocycles. The van der Waals surface area contributed by atoms with Crippen LogP contribution in [0, 0.1) is 0 Å². The van der Waals surface area contributed by atoms with Crippen LogP contribution in [0.4, 0.5) is 0 Å². The first-order valence-electron chi connectivity index (χ1n) is 7.64. The van der Waals surface area contributed by atoms with Crippen LogP contribution in [0.1, 0.15) is 43.7 Å². The summed E-state index contributed by atoms with van der Waals surface area (Å²) < 4.78 is 27.7. The second-order valence-electron chi connectivity index (χ2n) is 5.16. The van der Waals surface area contributed by atoms with Gasteiger partial charge in [-0.25, -0.2) is 0 Å². The highest BCUT2D eigenvalue weighted by Crippen LogP contribution is 2.15. The van der Waals surface area contributed by atoms with E-state index in [9.17, 15) is 8.42 Å². The third kappa shape index (κ3) is 7.44. The van der Waals surface area contributed by atoms with E-state index >= 15 is 0 Å². The van der Waals surface area contributed by atoms with Crippen LogP contribution in [-0.2, 0) is 27.1 Å². The van der Waals surface area contributed by atoms with Crippen LogP contribution in [0.2, 0.25) is 0 Å². The van der Waals surface area contributed by atoms with Crippen molar-refractivity contribution >= 4 is 10.1 Å². The molecular formula is C17H26O3S. The van der Waals surface area contributed by atoms with Crippen LogP contribution in [0.15, 0.2) is 36.9 Å². The predicted octanol–water partition coefficient (Wildman–Crippen LogP) is 3.88. The van der Waals surface area contributed by atoms with Gasteiger partial charge in [0.25, 0.3) is 10.1 Å². The Bertz CT molecular complexity index is 521. The maximum atomic E-state index is 11.4. The highest BCUT2D eigenvalue weighted by Gasteiger charge is 2.08. The summed E-state index contributed by atoms with van der Waals surface area (Å²) in [5.74, 6) is -0.124. The standard InChI is InChI=1S/C17H26O3S/c1-3-5-6-10-16-11-7-8-12-17(16)13-9-14-20-21(18,19)15-4-2/h4,7-8,11-12H,2-3,5-6,9-10,13-15H2,1H3. The lowest BCUT2D eigenvalue weighted by atomic mass is 9.98. The van der Waals surface area contributed by atoms with Crippen molar-refractivity contribution in [2.45, 2.75) is 45.4 Å². The van der Waals surface area contributed by atoms with E-state index in [-0.39, 0.29) is 12.4 Å². The lowest BCUT2D eigenvalue weighted by Crippen LogP contribution is -2.10. The Morgan fingerprint density at radius 3 is 2.29 bits per heavy atom. The van der Waals surface area contributed by atoms with Crippen LogP contribution in [0.5, 0.6) is 0 Å². The molecule has 0 bridgehead atoms. The first-order chi connectivity index (χ1) is 10.1. The van der Waals surface area contributed by atoms with Gasteiger partial charge in [0.1, 0.15) is 0 Å². The number of hydrogen-bond acceptors (Lipinski definition) is 3. The highest BCUT2D eigenvalue weighted by molar-refractivity contribution is 7.86. The maximum absolute atomic E-state index is 11.4. The van der Waals surface area contributed by atoms with Gasteiger partial charge in [-0.15, -0.1) is 6.58 Å². The number of aryl methyl sites for hydroxylation is 2. The Balaban J connectivity index is 2.42. The molecule has 1 aromatic carbocycles. The summed E-state index contributed by atoms with van der Waals surface area (Å²) in [6.07, 6.45) is 7.68. The Hall–Kier alpha value is -1.13. The van der Waals surface area contributed by atoms with Gasteiger partial charge in [0, 0.05) is 0 Å². The van der Waals surface area contributed by atoms with Gasteiger partial charge < -0.3 is 0 Å². The van der Waals surface area contributed by atoms with Gasteiger partial charge in [-0.1, -0.05) is 50.1 Å². The van der Waals surface area contributed by atoms with Crippen molar-refractivity contribution in [2.75, 3.05) is 12.4 Å². The molecule has 1 rings (SSSR count). The van der Waals surface area contributed by atoms with E-state index < -0.39 is 10.1 Å². The summed E-state index contributed by atoms with van der Waals surface area (Å²) in [5, 5.41) is 0. The topological polar surface area (TPSA) is 43.4 Å². The second kappa shape index (κ2) is 9.74. The molecule has 0 amide bonds. The van der Waals surface area contributed by atoms with Crippen LogP contribution in [-0.4, -0.2) is 20.8 Å². The number of rotatable bonds is 11. The van der Waals surface area contributed by atoms with Crippen LogP contribution in [0.3, 0.4) is 0 Å². The highest BCUT2D eigenvalue weighted by atomic mass is 32.2. The molecule has 4 heteroatoms.